The molecule has 0 unspecified atom stereocenters. The lowest BCUT2D eigenvalue weighted by Crippen LogP contribution is -2.09. The second-order valence-corrected chi connectivity index (χ2v) is 9.35. The first-order valence-electron chi connectivity index (χ1n) is 10.3. The van der Waals surface area contributed by atoms with Crippen LogP contribution in [0, 0.1) is 12.3 Å². The predicted octanol–water partition coefficient (Wildman–Crippen LogP) is 7.15. The van der Waals surface area contributed by atoms with Gasteiger partial charge in [-0.1, -0.05) is 32.9 Å². The predicted molar refractivity (Wildman–Crippen MR) is 118 cm³/mol. The van der Waals surface area contributed by atoms with E-state index in [0.717, 1.165) is 42.7 Å². The number of thiazole rings is 1. The Morgan fingerprint density at radius 2 is 1.89 bits per heavy atom. The molecular weight excluding hydrogens is 364 g/mol. The Hall–Kier alpha value is -2.72. The van der Waals surface area contributed by atoms with Crippen LogP contribution in [0.25, 0.3) is 43.4 Å². The summed E-state index contributed by atoms with van der Waals surface area (Å²) in [5.41, 5.74) is 4.08. The fourth-order valence-electron chi connectivity index (χ4n) is 3.65. The van der Waals surface area contributed by atoms with Crippen LogP contribution in [0.15, 0.2) is 53.1 Å². The summed E-state index contributed by atoms with van der Waals surface area (Å²) in [4.78, 5) is 9.22. The molecular formula is C24H22N2OS. The Morgan fingerprint density at radius 1 is 1.07 bits per heavy atom. The second-order valence-electron chi connectivity index (χ2n) is 8.11. The average molecular weight is 389 g/mol. The van der Waals surface area contributed by atoms with Crippen LogP contribution in [0.5, 0.6) is 0 Å². The molecule has 0 bridgehead atoms. The van der Waals surface area contributed by atoms with E-state index in [2.05, 4.69) is 22.1 Å². The summed E-state index contributed by atoms with van der Waals surface area (Å²) in [5, 5.41) is 3.06. The van der Waals surface area contributed by atoms with Crippen LogP contribution in [0.2, 0.25) is 0 Å². The van der Waals surface area contributed by atoms with Crippen molar-refractivity contribution in [3.63, 3.8) is 0 Å². The van der Waals surface area contributed by atoms with Crippen molar-refractivity contribution in [1.29, 1.82) is 0 Å². The number of aromatic nitrogens is 2. The first-order chi connectivity index (χ1) is 14.2. The first kappa shape index (κ1) is 15.2. The molecule has 5 aromatic rings. The van der Waals surface area contributed by atoms with Crippen molar-refractivity contribution in [2.75, 3.05) is 0 Å². The van der Waals surface area contributed by atoms with Gasteiger partial charge in [0.15, 0.2) is 5.58 Å². The smallest absolute Gasteiger partial charge is 0.162 e. The van der Waals surface area contributed by atoms with Gasteiger partial charge in [-0.2, -0.15) is 0 Å². The van der Waals surface area contributed by atoms with Crippen LogP contribution in [-0.4, -0.2) is 9.97 Å². The highest BCUT2D eigenvalue weighted by Gasteiger charge is 2.17. The van der Waals surface area contributed by atoms with E-state index in [0.29, 0.717) is 11.3 Å². The van der Waals surface area contributed by atoms with Crippen LogP contribution < -0.4 is 0 Å². The van der Waals surface area contributed by atoms with Gasteiger partial charge >= 0.3 is 0 Å². The maximum absolute atomic E-state index is 8.63. The molecule has 0 N–H and O–H groups in total. The monoisotopic (exact) mass is 388 g/mol. The third kappa shape index (κ3) is 2.89. The Morgan fingerprint density at radius 3 is 2.71 bits per heavy atom. The summed E-state index contributed by atoms with van der Waals surface area (Å²) in [6.45, 7) is 7.74. The largest absolute Gasteiger partial charge is 0.453 e. The molecule has 0 atom stereocenters. The van der Waals surface area contributed by atoms with Crippen molar-refractivity contribution in [2.24, 2.45) is 5.41 Å². The highest BCUT2D eigenvalue weighted by molar-refractivity contribution is 7.18. The van der Waals surface area contributed by atoms with Gasteiger partial charge in [0.1, 0.15) is 11.1 Å². The molecule has 0 fully saturated rings. The third-order valence-corrected chi connectivity index (χ3v) is 5.62. The van der Waals surface area contributed by atoms with E-state index in [1.165, 1.54) is 0 Å². The van der Waals surface area contributed by atoms with E-state index in [4.69, 9.17) is 7.16 Å². The molecule has 2 aromatic carbocycles. The summed E-state index contributed by atoms with van der Waals surface area (Å²) in [5.74, 6) is 0. The number of benzene rings is 2. The van der Waals surface area contributed by atoms with Crippen LogP contribution >= 0.6 is 11.3 Å². The van der Waals surface area contributed by atoms with E-state index in [-0.39, 0.29) is 0 Å². The third-order valence-electron chi connectivity index (χ3n) is 4.69. The summed E-state index contributed by atoms with van der Waals surface area (Å²) in [6, 6.07) is 13.8. The van der Waals surface area contributed by atoms with E-state index in [1.54, 1.807) is 23.6 Å². The van der Waals surface area contributed by atoms with Gasteiger partial charge in [-0.05, 0) is 54.6 Å². The Bertz CT molecular complexity index is 1430. The van der Waals surface area contributed by atoms with Crippen LogP contribution in [-0.2, 0) is 6.37 Å². The van der Waals surface area contributed by atoms with Gasteiger partial charge < -0.3 is 4.42 Å². The quantitative estimate of drug-likeness (QED) is 0.322. The second kappa shape index (κ2) is 6.14. The van der Waals surface area contributed by atoms with Gasteiger partial charge in [-0.25, -0.2) is 4.98 Å². The summed E-state index contributed by atoms with van der Waals surface area (Å²) in [7, 11) is 0. The van der Waals surface area contributed by atoms with E-state index in [9.17, 15) is 0 Å². The average Bonchev–Trinajstić information content (AvgIpc) is 3.26. The highest BCUT2D eigenvalue weighted by Crippen LogP contribution is 2.39. The number of hydrogen-bond acceptors (Lipinski definition) is 4. The minimum atomic E-state index is -1.49. The van der Waals surface area contributed by atoms with Crippen molar-refractivity contribution in [2.45, 2.75) is 34.1 Å². The van der Waals surface area contributed by atoms with Crippen LogP contribution in [0.3, 0.4) is 0 Å². The summed E-state index contributed by atoms with van der Waals surface area (Å²) in [6.07, 6.45) is 0.189. The molecule has 4 heteroatoms. The van der Waals surface area contributed by atoms with Crippen molar-refractivity contribution in [1.82, 2.24) is 9.97 Å². The standard InChI is InChI=1S/C24H22N2OS/c1-14-26-21-20(28-14)9-8-17-16-6-5-7-18(22(16)27-23(17)21)19-12-15(10-11-25-19)13-24(2,3)4/h5-12H,13H2,1-4H3/i13D2. The van der Waals surface area contributed by atoms with E-state index >= 15 is 0 Å². The number of furan rings is 1. The van der Waals surface area contributed by atoms with Crippen LogP contribution in [0.4, 0.5) is 0 Å². The number of rotatable bonds is 2. The number of aryl methyl sites for hydroxylation is 1. The van der Waals surface area contributed by atoms with Crippen LogP contribution in [0.1, 0.15) is 34.1 Å². The lowest BCUT2D eigenvalue weighted by atomic mass is 9.88. The molecule has 140 valence electrons. The first-order valence-corrected chi connectivity index (χ1v) is 10.2. The molecule has 0 aliphatic heterocycles. The SMILES string of the molecule is [2H]C([2H])(c1ccnc(-c2cccc3c2oc2c3ccc3sc(C)nc32)c1)C(C)(C)C. The number of hydrogen-bond donors (Lipinski definition) is 0. The molecule has 3 nitrogen and oxygen atoms in total. The number of nitrogens with zero attached hydrogens (tertiary/aromatic N) is 2. The molecule has 0 saturated carbocycles. The molecule has 0 spiro atoms. The lowest BCUT2D eigenvalue weighted by Gasteiger charge is -2.18. The molecule has 0 radical (unpaired) electrons. The highest BCUT2D eigenvalue weighted by atomic mass is 32.1. The summed E-state index contributed by atoms with van der Waals surface area (Å²) >= 11 is 1.66. The fraction of sp³-hybridized carbons (Fsp3) is 0.250. The topological polar surface area (TPSA) is 38.9 Å². The minimum Gasteiger partial charge on any atom is -0.453 e. The van der Waals surface area contributed by atoms with E-state index < -0.39 is 11.8 Å². The number of pyridine rings is 1. The zero-order valence-electron chi connectivity index (χ0n) is 18.3. The lowest BCUT2D eigenvalue weighted by molar-refractivity contribution is 0.411. The summed E-state index contributed by atoms with van der Waals surface area (Å²) < 4.78 is 24.7. The molecule has 3 aromatic heterocycles. The fourth-order valence-corrected chi connectivity index (χ4v) is 4.47. The van der Waals surface area contributed by atoms with E-state index in [1.807, 2.05) is 52.0 Å². The number of fused-ring (bicyclic) bond motifs is 5. The molecule has 28 heavy (non-hydrogen) atoms. The van der Waals surface area contributed by atoms with Gasteiger partial charge in [-0.15, -0.1) is 11.3 Å². The van der Waals surface area contributed by atoms with Crippen molar-refractivity contribution in [3.05, 3.63) is 59.2 Å². The Labute approximate surface area is 170 Å². The zero-order chi connectivity index (χ0) is 21.3. The molecule has 0 saturated heterocycles. The van der Waals surface area contributed by atoms with Gasteiger partial charge in [0.25, 0.3) is 0 Å². The van der Waals surface area contributed by atoms with Gasteiger partial charge in [0.05, 0.1) is 15.4 Å². The van der Waals surface area contributed by atoms with Gasteiger partial charge in [0.2, 0.25) is 0 Å². The molecule has 5 rings (SSSR count). The van der Waals surface area contributed by atoms with Crippen molar-refractivity contribution < 1.29 is 7.16 Å². The van der Waals surface area contributed by atoms with Gasteiger partial charge in [0, 0.05) is 25.3 Å². The Balaban J connectivity index is 1.76. The minimum absolute atomic E-state index is 0.537. The molecule has 0 amide bonds. The molecule has 3 heterocycles. The van der Waals surface area contributed by atoms with Gasteiger partial charge in [-0.3, -0.25) is 4.98 Å². The maximum atomic E-state index is 8.63. The zero-order valence-corrected chi connectivity index (χ0v) is 17.1. The normalized spacial score (nSPS) is 14.0. The Kier molecular flexibility index (Phi) is 3.34. The maximum Gasteiger partial charge on any atom is 0.162 e. The number of para-hydroxylation sites is 1. The molecule has 0 aliphatic rings. The molecule has 0 aliphatic carbocycles. The van der Waals surface area contributed by atoms with Crippen molar-refractivity contribution >= 4 is 43.5 Å². The van der Waals surface area contributed by atoms with Crippen molar-refractivity contribution in [3.8, 4) is 11.3 Å².